The Morgan fingerprint density at radius 2 is 1.83 bits per heavy atom. The highest BCUT2D eigenvalue weighted by Crippen LogP contribution is 2.33. The second-order valence-corrected chi connectivity index (χ2v) is 6.85. The molecule has 0 aromatic heterocycles. The van der Waals surface area contributed by atoms with Crippen molar-refractivity contribution in [3.05, 3.63) is 23.8 Å². The van der Waals surface area contributed by atoms with Gasteiger partial charge in [0, 0.05) is 25.2 Å². The second-order valence-electron chi connectivity index (χ2n) is 6.85. The topological polar surface area (TPSA) is 84.0 Å². The fourth-order valence-corrected chi connectivity index (χ4v) is 2.47. The van der Waals surface area contributed by atoms with Gasteiger partial charge >= 0.3 is 6.61 Å². The zero-order chi connectivity index (χ0) is 21.9. The number of ether oxygens (including phenoxy) is 2. The Kier molecular flexibility index (Phi) is 10.2. The molecule has 1 rings (SSSR count). The Bertz CT molecular complexity index is 682. The Labute approximate surface area is 171 Å². The van der Waals surface area contributed by atoms with Crippen LogP contribution < -0.4 is 25.4 Å². The number of rotatable bonds is 11. The first-order chi connectivity index (χ1) is 13.7. The zero-order valence-electron chi connectivity index (χ0n) is 17.8. The number of guanidine groups is 1. The smallest absolute Gasteiger partial charge is 0.387 e. The van der Waals surface area contributed by atoms with E-state index in [0.29, 0.717) is 37.8 Å². The van der Waals surface area contributed by atoms with Crippen molar-refractivity contribution in [2.75, 3.05) is 26.2 Å². The number of hydrogen-bond donors (Lipinski definition) is 3. The van der Waals surface area contributed by atoms with Crippen LogP contribution in [0.25, 0.3) is 0 Å². The summed E-state index contributed by atoms with van der Waals surface area (Å²) >= 11 is 0. The third-order valence-electron chi connectivity index (χ3n) is 3.97. The van der Waals surface area contributed by atoms with Crippen LogP contribution in [0.5, 0.6) is 11.5 Å². The Morgan fingerprint density at radius 1 is 1.14 bits per heavy atom. The molecule has 3 N–H and O–H groups in total. The number of benzene rings is 1. The Balaban J connectivity index is 2.98. The van der Waals surface area contributed by atoms with Crippen LogP contribution in [-0.4, -0.2) is 44.7 Å². The predicted molar refractivity (Wildman–Crippen MR) is 110 cm³/mol. The molecule has 1 aromatic carbocycles. The van der Waals surface area contributed by atoms with Crippen LogP contribution in [0.15, 0.2) is 23.2 Å². The number of nitrogens with one attached hydrogen (secondary N) is 3. The number of nitrogens with zero attached hydrogens (tertiary/aromatic N) is 1. The molecule has 0 unspecified atom stereocenters. The number of alkyl halides is 2. The van der Waals surface area contributed by atoms with Crippen molar-refractivity contribution in [3.8, 4) is 11.5 Å². The SMILES string of the molecule is CCNC(=O)C(C)(C)CNC(=NCc1cccc(OCC)c1OC(F)F)NCC. The van der Waals surface area contributed by atoms with Crippen molar-refractivity contribution in [2.45, 2.75) is 47.8 Å². The van der Waals surface area contributed by atoms with Crippen LogP contribution in [0.3, 0.4) is 0 Å². The van der Waals surface area contributed by atoms with E-state index in [1.807, 2.05) is 27.7 Å². The van der Waals surface area contributed by atoms with E-state index >= 15 is 0 Å². The number of halogens is 2. The molecule has 0 atom stereocenters. The van der Waals surface area contributed by atoms with Crippen LogP contribution in [0.2, 0.25) is 0 Å². The minimum Gasteiger partial charge on any atom is -0.490 e. The van der Waals surface area contributed by atoms with Gasteiger partial charge < -0.3 is 25.4 Å². The molecule has 0 saturated heterocycles. The number of hydrogen-bond acceptors (Lipinski definition) is 4. The first-order valence-corrected chi connectivity index (χ1v) is 9.75. The summed E-state index contributed by atoms with van der Waals surface area (Å²) in [5, 5.41) is 9.01. The van der Waals surface area contributed by atoms with Crippen molar-refractivity contribution in [3.63, 3.8) is 0 Å². The molecule has 0 fully saturated rings. The lowest BCUT2D eigenvalue weighted by Gasteiger charge is -2.25. The summed E-state index contributed by atoms with van der Waals surface area (Å²) in [4.78, 5) is 16.6. The Morgan fingerprint density at radius 3 is 2.41 bits per heavy atom. The van der Waals surface area contributed by atoms with Gasteiger partial charge in [-0.2, -0.15) is 8.78 Å². The van der Waals surface area contributed by atoms with Gasteiger partial charge in [-0.1, -0.05) is 12.1 Å². The summed E-state index contributed by atoms with van der Waals surface area (Å²) in [6, 6.07) is 4.94. The lowest BCUT2D eigenvalue weighted by Crippen LogP contribution is -2.47. The molecule has 0 heterocycles. The number of amides is 1. The highest BCUT2D eigenvalue weighted by molar-refractivity contribution is 5.84. The Hall–Kier alpha value is -2.58. The maximum absolute atomic E-state index is 12.9. The molecule has 1 aromatic rings. The van der Waals surface area contributed by atoms with Gasteiger partial charge in [0.05, 0.1) is 18.6 Å². The number of para-hydroxylation sites is 1. The van der Waals surface area contributed by atoms with E-state index in [1.54, 1.807) is 25.1 Å². The largest absolute Gasteiger partial charge is 0.490 e. The fourth-order valence-electron chi connectivity index (χ4n) is 2.47. The first-order valence-electron chi connectivity index (χ1n) is 9.75. The molecule has 1 amide bonds. The molecule has 0 saturated carbocycles. The monoisotopic (exact) mass is 414 g/mol. The number of carbonyl (C=O) groups is 1. The van der Waals surface area contributed by atoms with E-state index in [9.17, 15) is 13.6 Å². The maximum atomic E-state index is 12.9. The van der Waals surface area contributed by atoms with Crippen molar-refractivity contribution in [1.29, 1.82) is 0 Å². The van der Waals surface area contributed by atoms with Gasteiger partial charge in [-0.15, -0.1) is 0 Å². The van der Waals surface area contributed by atoms with Crippen LogP contribution in [-0.2, 0) is 11.3 Å². The molecule has 29 heavy (non-hydrogen) atoms. The lowest BCUT2D eigenvalue weighted by molar-refractivity contribution is -0.128. The van der Waals surface area contributed by atoms with Crippen molar-refractivity contribution >= 4 is 11.9 Å². The van der Waals surface area contributed by atoms with E-state index in [0.717, 1.165) is 0 Å². The van der Waals surface area contributed by atoms with Crippen LogP contribution in [0.4, 0.5) is 8.78 Å². The maximum Gasteiger partial charge on any atom is 0.387 e. The first kappa shape index (κ1) is 24.5. The van der Waals surface area contributed by atoms with E-state index < -0.39 is 12.0 Å². The molecule has 0 aliphatic heterocycles. The van der Waals surface area contributed by atoms with Crippen molar-refractivity contribution < 1.29 is 23.0 Å². The molecule has 0 spiro atoms. The summed E-state index contributed by atoms with van der Waals surface area (Å²) < 4.78 is 35.8. The molecule has 164 valence electrons. The molecule has 0 aliphatic carbocycles. The van der Waals surface area contributed by atoms with Gasteiger partial charge in [-0.05, 0) is 40.7 Å². The summed E-state index contributed by atoms with van der Waals surface area (Å²) in [6.45, 7) is 8.16. The van der Waals surface area contributed by atoms with Gasteiger partial charge in [0.2, 0.25) is 5.91 Å². The van der Waals surface area contributed by atoms with Crippen LogP contribution >= 0.6 is 0 Å². The van der Waals surface area contributed by atoms with Gasteiger partial charge in [0.25, 0.3) is 0 Å². The molecule has 0 radical (unpaired) electrons. The van der Waals surface area contributed by atoms with Gasteiger partial charge in [0.1, 0.15) is 0 Å². The third-order valence-corrected chi connectivity index (χ3v) is 3.97. The summed E-state index contributed by atoms with van der Waals surface area (Å²) in [5.74, 6) is 0.623. The predicted octanol–water partition coefficient (Wildman–Crippen LogP) is 2.90. The quantitative estimate of drug-likeness (QED) is 0.383. The molecular formula is C20H32F2N4O3. The summed E-state index contributed by atoms with van der Waals surface area (Å²) in [6.07, 6.45) is 0. The van der Waals surface area contributed by atoms with Gasteiger partial charge in [-0.25, -0.2) is 4.99 Å². The molecule has 0 aliphatic rings. The van der Waals surface area contributed by atoms with E-state index in [2.05, 4.69) is 25.7 Å². The van der Waals surface area contributed by atoms with Crippen LogP contribution in [0.1, 0.15) is 40.2 Å². The van der Waals surface area contributed by atoms with E-state index in [1.165, 1.54) is 0 Å². The standard InChI is InChI=1S/C20H32F2N4O3/c1-6-23-17(27)20(4,5)13-26-19(24-7-2)25-12-14-10-9-11-15(28-8-3)16(14)29-18(21)22/h9-11,18H,6-8,12-13H2,1-5H3,(H,23,27)(H2,24,25,26). The average Bonchev–Trinajstić information content (AvgIpc) is 2.66. The average molecular weight is 414 g/mol. The van der Waals surface area contributed by atoms with Crippen molar-refractivity contribution in [1.82, 2.24) is 16.0 Å². The highest BCUT2D eigenvalue weighted by Gasteiger charge is 2.27. The van der Waals surface area contributed by atoms with E-state index in [4.69, 9.17) is 4.74 Å². The lowest BCUT2D eigenvalue weighted by atomic mass is 9.92. The third kappa shape index (κ3) is 8.13. The van der Waals surface area contributed by atoms with Gasteiger partial charge in [-0.3, -0.25) is 4.79 Å². The van der Waals surface area contributed by atoms with Crippen LogP contribution in [0, 0.1) is 5.41 Å². The van der Waals surface area contributed by atoms with Gasteiger partial charge in [0.15, 0.2) is 17.5 Å². The second kappa shape index (κ2) is 12.1. The molecular weight excluding hydrogens is 382 g/mol. The normalized spacial score (nSPS) is 11.9. The molecule has 9 heteroatoms. The minimum absolute atomic E-state index is 0.0217. The molecule has 0 bridgehead atoms. The molecule has 7 nitrogen and oxygen atoms in total. The highest BCUT2D eigenvalue weighted by atomic mass is 19.3. The van der Waals surface area contributed by atoms with E-state index in [-0.39, 0.29) is 24.0 Å². The zero-order valence-corrected chi connectivity index (χ0v) is 17.8. The van der Waals surface area contributed by atoms with Crippen molar-refractivity contribution in [2.24, 2.45) is 10.4 Å². The fraction of sp³-hybridized carbons (Fsp3) is 0.600. The summed E-state index contributed by atoms with van der Waals surface area (Å²) in [5.41, 5.74) is -0.179. The summed E-state index contributed by atoms with van der Waals surface area (Å²) in [7, 11) is 0. The number of carbonyl (C=O) groups excluding carboxylic acids is 1. The number of aliphatic imine (C=N–C) groups is 1. The minimum atomic E-state index is -2.97.